The molecule has 2 amide bonds. The molecule has 0 saturated heterocycles. The minimum atomic E-state index is -0.706. The Kier molecular flexibility index (Phi) is 8.85. The van der Waals surface area contributed by atoms with Crippen molar-refractivity contribution in [1.29, 1.82) is 0 Å². The monoisotopic (exact) mass is 563 g/mol. The van der Waals surface area contributed by atoms with E-state index in [1.165, 1.54) is 20.1 Å². The van der Waals surface area contributed by atoms with Crippen molar-refractivity contribution in [1.82, 2.24) is 15.1 Å². The molecule has 218 valence electrons. The number of carbonyl (C=O) groups excluding carboxylic acids is 2. The van der Waals surface area contributed by atoms with E-state index in [1.54, 1.807) is 44.4 Å². The second kappa shape index (κ2) is 12.3. The van der Waals surface area contributed by atoms with Crippen molar-refractivity contribution < 1.29 is 23.8 Å². The molecule has 1 aromatic heterocycles. The molecule has 2 unspecified atom stereocenters. The van der Waals surface area contributed by atoms with Crippen molar-refractivity contribution in [3.63, 3.8) is 0 Å². The number of amides is 2. The number of aryl methyl sites for hydroxylation is 2. The third-order valence-electron chi connectivity index (χ3n) is 7.15. The molecule has 0 aliphatic heterocycles. The lowest BCUT2D eigenvalue weighted by Crippen LogP contribution is -2.39. The number of carbonyl (C=O) groups is 2. The summed E-state index contributed by atoms with van der Waals surface area (Å²) < 4.78 is 18.7. The summed E-state index contributed by atoms with van der Waals surface area (Å²) in [6, 6.07) is 5.78. The molecule has 0 radical (unpaired) electrons. The third-order valence-corrected chi connectivity index (χ3v) is 7.15. The van der Waals surface area contributed by atoms with Crippen molar-refractivity contribution in [3.05, 3.63) is 58.0 Å². The van der Waals surface area contributed by atoms with E-state index < -0.39 is 12.1 Å². The van der Waals surface area contributed by atoms with E-state index in [4.69, 9.17) is 14.2 Å². The van der Waals surface area contributed by atoms with Crippen molar-refractivity contribution in [2.24, 2.45) is 13.0 Å². The first-order chi connectivity index (χ1) is 19.6. The molecule has 1 aliphatic rings. The minimum Gasteiger partial charge on any atom is -0.493 e. The first-order valence-electron chi connectivity index (χ1n) is 13.4. The van der Waals surface area contributed by atoms with Crippen LogP contribution in [0, 0.1) is 5.92 Å². The second-order valence-electron chi connectivity index (χ2n) is 10.4. The van der Waals surface area contributed by atoms with Gasteiger partial charge in [-0.25, -0.2) is 0 Å². The molecule has 3 aromatic rings. The Hall–Kier alpha value is -4.54. The Morgan fingerprint density at radius 2 is 1.80 bits per heavy atom. The van der Waals surface area contributed by atoms with E-state index in [0.29, 0.717) is 46.9 Å². The average Bonchev–Trinajstić information content (AvgIpc) is 3.19. The molecule has 0 saturated carbocycles. The van der Waals surface area contributed by atoms with E-state index in [0.717, 1.165) is 11.1 Å². The fraction of sp³-hybridized carbons (Fsp3) is 0.400. The van der Waals surface area contributed by atoms with Gasteiger partial charge in [-0.1, -0.05) is 19.9 Å². The Bertz CT molecular complexity index is 1520. The number of rotatable bonds is 9. The van der Waals surface area contributed by atoms with Crippen LogP contribution in [-0.2, 0) is 23.1 Å². The molecule has 1 aliphatic carbocycles. The standard InChI is InChI=1S/C30H37N5O6/c1-16(2)27(30(38)33-19-14-31-35(4)15-19)34-23-11-9-20-21(13-24(23)37)22(32-17(3)36)10-8-18-12-25(39-5)28(40-6)29(41-7)26(18)20/h9,11-16,22,27H,8,10H2,1-7H3,(H,32,36)(H,33,38)(H,34,37). The van der Waals surface area contributed by atoms with Crippen molar-refractivity contribution in [3.8, 4) is 28.4 Å². The highest BCUT2D eigenvalue weighted by molar-refractivity contribution is 5.96. The molecule has 4 rings (SSSR count). The second-order valence-corrected chi connectivity index (χ2v) is 10.4. The van der Waals surface area contributed by atoms with Crippen LogP contribution in [-0.4, -0.2) is 49.0 Å². The van der Waals surface area contributed by atoms with Crippen LogP contribution in [0.25, 0.3) is 11.1 Å². The zero-order valence-corrected chi connectivity index (χ0v) is 24.5. The van der Waals surface area contributed by atoms with Crippen molar-refractivity contribution in [2.45, 2.75) is 45.7 Å². The predicted octanol–water partition coefficient (Wildman–Crippen LogP) is 3.67. The summed E-state index contributed by atoms with van der Waals surface area (Å²) in [6.07, 6.45) is 4.40. The van der Waals surface area contributed by atoms with Gasteiger partial charge in [0.15, 0.2) is 11.5 Å². The molecule has 41 heavy (non-hydrogen) atoms. The Labute approximate surface area is 239 Å². The highest BCUT2D eigenvalue weighted by Crippen LogP contribution is 2.50. The normalized spacial score (nSPS) is 14.7. The number of ether oxygens (including phenoxy) is 3. The number of fused-ring (bicyclic) bond motifs is 3. The van der Waals surface area contributed by atoms with E-state index in [9.17, 15) is 14.4 Å². The largest absolute Gasteiger partial charge is 0.493 e. The van der Waals surface area contributed by atoms with Gasteiger partial charge < -0.3 is 30.2 Å². The minimum absolute atomic E-state index is 0.140. The van der Waals surface area contributed by atoms with Gasteiger partial charge in [-0.2, -0.15) is 5.10 Å². The summed E-state index contributed by atoms with van der Waals surface area (Å²) in [5.41, 5.74) is 3.53. The van der Waals surface area contributed by atoms with Crippen LogP contribution in [0.15, 0.2) is 41.5 Å². The summed E-state index contributed by atoms with van der Waals surface area (Å²) in [7, 11) is 6.41. The molecule has 2 aromatic carbocycles. The first-order valence-corrected chi connectivity index (χ1v) is 13.4. The van der Waals surface area contributed by atoms with Gasteiger partial charge in [0.05, 0.1) is 44.9 Å². The number of benzene rings is 1. The molecule has 2 atom stereocenters. The van der Waals surface area contributed by atoms with Crippen LogP contribution in [0.1, 0.15) is 44.4 Å². The van der Waals surface area contributed by atoms with Gasteiger partial charge >= 0.3 is 0 Å². The van der Waals surface area contributed by atoms with Crippen molar-refractivity contribution in [2.75, 3.05) is 32.0 Å². The van der Waals surface area contributed by atoms with Gasteiger partial charge in [0.2, 0.25) is 23.0 Å². The lowest BCUT2D eigenvalue weighted by atomic mass is 9.95. The quantitative estimate of drug-likeness (QED) is 0.359. The summed E-state index contributed by atoms with van der Waals surface area (Å²) in [6.45, 7) is 5.25. The maximum Gasteiger partial charge on any atom is 0.247 e. The number of nitrogens with zero attached hydrogens (tertiary/aromatic N) is 2. The number of methoxy groups -OCH3 is 3. The molecule has 0 fully saturated rings. The van der Waals surface area contributed by atoms with Crippen LogP contribution in [0.2, 0.25) is 0 Å². The average molecular weight is 564 g/mol. The van der Waals surface area contributed by atoms with Crippen LogP contribution in [0.3, 0.4) is 0 Å². The van der Waals surface area contributed by atoms with E-state index in [2.05, 4.69) is 21.0 Å². The van der Waals surface area contributed by atoms with Crippen LogP contribution in [0.5, 0.6) is 17.2 Å². The zero-order chi connectivity index (χ0) is 29.8. The number of hydrogen-bond donors (Lipinski definition) is 3. The fourth-order valence-corrected chi connectivity index (χ4v) is 5.24. The summed E-state index contributed by atoms with van der Waals surface area (Å²) in [5.74, 6) is 0.777. The number of aromatic nitrogens is 2. The lowest BCUT2D eigenvalue weighted by molar-refractivity contribution is -0.120. The third kappa shape index (κ3) is 6.13. The first kappa shape index (κ1) is 29.4. The van der Waals surface area contributed by atoms with Gasteiger partial charge in [0.25, 0.3) is 0 Å². The molecule has 11 heteroatoms. The fourth-order valence-electron chi connectivity index (χ4n) is 5.24. The molecule has 0 bridgehead atoms. The summed E-state index contributed by atoms with van der Waals surface area (Å²) >= 11 is 0. The predicted molar refractivity (Wildman–Crippen MR) is 157 cm³/mol. The van der Waals surface area contributed by atoms with Gasteiger partial charge in [-0.05, 0) is 53.6 Å². The highest BCUT2D eigenvalue weighted by atomic mass is 16.5. The summed E-state index contributed by atoms with van der Waals surface area (Å²) in [4.78, 5) is 39.1. The number of anilines is 2. The van der Waals surface area contributed by atoms with Gasteiger partial charge in [0, 0.05) is 25.7 Å². The molecule has 11 nitrogen and oxygen atoms in total. The molecular formula is C30H37N5O6. The van der Waals surface area contributed by atoms with Gasteiger partial charge in [-0.3, -0.25) is 19.1 Å². The lowest BCUT2D eigenvalue weighted by Gasteiger charge is -2.21. The van der Waals surface area contributed by atoms with E-state index >= 15 is 0 Å². The maximum atomic E-state index is 13.7. The Morgan fingerprint density at radius 1 is 1.07 bits per heavy atom. The SMILES string of the molecule is COc1cc2c(c(OC)c1OC)-c1ccc(NC(C(=O)Nc3cnn(C)c3)C(C)C)c(=O)cc1C(NC(C)=O)CC2. The van der Waals surface area contributed by atoms with Crippen LogP contribution < -0.4 is 35.6 Å². The topological polar surface area (TPSA) is 133 Å². The van der Waals surface area contributed by atoms with Crippen molar-refractivity contribution >= 4 is 23.2 Å². The van der Waals surface area contributed by atoms with Crippen LogP contribution >= 0.6 is 0 Å². The number of hydrogen-bond acceptors (Lipinski definition) is 8. The molecular weight excluding hydrogens is 526 g/mol. The van der Waals surface area contributed by atoms with E-state index in [1.807, 2.05) is 26.0 Å². The molecule has 3 N–H and O–H groups in total. The van der Waals surface area contributed by atoms with Gasteiger partial charge in [0.1, 0.15) is 6.04 Å². The van der Waals surface area contributed by atoms with Crippen LogP contribution in [0.4, 0.5) is 11.4 Å². The smallest absolute Gasteiger partial charge is 0.247 e. The highest BCUT2D eigenvalue weighted by Gasteiger charge is 2.30. The molecule has 0 spiro atoms. The maximum absolute atomic E-state index is 13.7. The Morgan fingerprint density at radius 3 is 2.39 bits per heavy atom. The summed E-state index contributed by atoms with van der Waals surface area (Å²) in [5, 5.41) is 13.1. The zero-order valence-electron chi connectivity index (χ0n) is 24.5. The van der Waals surface area contributed by atoms with E-state index in [-0.39, 0.29) is 28.8 Å². The Balaban J connectivity index is 1.86. The van der Waals surface area contributed by atoms with Gasteiger partial charge in [-0.15, -0.1) is 0 Å². The molecule has 1 heterocycles. The number of nitrogens with one attached hydrogen (secondary N) is 3.